The first-order valence-corrected chi connectivity index (χ1v) is 7.21. The van der Waals surface area contributed by atoms with Crippen LogP contribution in [0, 0.1) is 5.92 Å². The number of likely N-dealkylation sites (tertiary alicyclic amines) is 1. The van der Waals surface area contributed by atoms with Crippen molar-refractivity contribution in [3.63, 3.8) is 0 Å². The Balaban J connectivity index is 0.00000242. The first-order chi connectivity index (χ1) is 9.85. The Bertz CT molecular complexity index is 400. The number of amides is 2. The number of nitrogens with zero attached hydrogens (tertiary/aromatic N) is 1. The summed E-state index contributed by atoms with van der Waals surface area (Å²) in [5.41, 5.74) is 0. The molecule has 0 saturated carbocycles. The maximum atomic E-state index is 12.3. The Hall–Kier alpha value is -1.02. The van der Waals surface area contributed by atoms with E-state index in [0.717, 1.165) is 30.8 Å². The second kappa shape index (κ2) is 8.01. The third kappa shape index (κ3) is 5.64. The number of hydrogen-bond acceptors (Lipinski definition) is 3. The van der Waals surface area contributed by atoms with Crippen LogP contribution in [0.4, 0.5) is 13.2 Å². The minimum absolute atomic E-state index is 0. The molecule has 0 bridgehead atoms. The fourth-order valence-electron chi connectivity index (χ4n) is 2.81. The fraction of sp³-hybridized carbons (Fsp3) is 0.846. The molecular formula is C13H21ClF3N3O2. The SMILES string of the molecule is Cl.O=C(CCC1CCNC1)NC1CCN(CC(F)(F)F)C1=O. The number of halogens is 4. The van der Waals surface area contributed by atoms with Gasteiger partial charge in [0.05, 0.1) is 0 Å². The average Bonchev–Trinajstić information content (AvgIpc) is 3.00. The summed E-state index contributed by atoms with van der Waals surface area (Å²) in [5.74, 6) is -0.422. The van der Waals surface area contributed by atoms with Gasteiger partial charge in [0.2, 0.25) is 11.8 Å². The van der Waals surface area contributed by atoms with E-state index >= 15 is 0 Å². The first-order valence-electron chi connectivity index (χ1n) is 7.21. The summed E-state index contributed by atoms with van der Waals surface area (Å²) in [6, 6.07) is -0.804. The van der Waals surface area contributed by atoms with Gasteiger partial charge in [-0.05, 0) is 38.3 Å². The van der Waals surface area contributed by atoms with Gasteiger partial charge >= 0.3 is 6.18 Å². The number of rotatable bonds is 5. The smallest absolute Gasteiger partial charge is 0.344 e. The van der Waals surface area contributed by atoms with E-state index in [-0.39, 0.29) is 31.3 Å². The average molecular weight is 344 g/mol. The van der Waals surface area contributed by atoms with E-state index < -0.39 is 24.7 Å². The zero-order chi connectivity index (χ0) is 15.5. The van der Waals surface area contributed by atoms with Gasteiger partial charge < -0.3 is 15.5 Å². The molecule has 2 unspecified atom stereocenters. The molecule has 2 heterocycles. The molecule has 2 saturated heterocycles. The lowest BCUT2D eigenvalue weighted by Crippen LogP contribution is -2.43. The molecule has 128 valence electrons. The highest BCUT2D eigenvalue weighted by Crippen LogP contribution is 2.21. The molecule has 0 aromatic rings. The summed E-state index contributed by atoms with van der Waals surface area (Å²) in [7, 11) is 0. The minimum atomic E-state index is -4.40. The van der Waals surface area contributed by atoms with Crippen molar-refractivity contribution in [3.05, 3.63) is 0 Å². The van der Waals surface area contributed by atoms with Crippen LogP contribution in [0.15, 0.2) is 0 Å². The minimum Gasteiger partial charge on any atom is -0.344 e. The molecule has 2 fully saturated rings. The van der Waals surface area contributed by atoms with Crippen LogP contribution in [0.5, 0.6) is 0 Å². The number of alkyl halides is 3. The number of carbonyl (C=O) groups excluding carboxylic acids is 2. The Morgan fingerprint density at radius 2 is 2.09 bits per heavy atom. The van der Waals surface area contributed by atoms with Crippen LogP contribution < -0.4 is 10.6 Å². The quantitative estimate of drug-likeness (QED) is 0.785. The lowest BCUT2D eigenvalue weighted by molar-refractivity contribution is -0.158. The van der Waals surface area contributed by atoms with Gasteiger partial charge in [0, 0.05) is 13.0 Å². The molecule has 2 aliphatic rings. The number of nitrogens with one attached hydrogen (secondary N) is 2. The molecule has 5 nitrogen and oxygen atoms in total. The van der Waals surface area contributed by atoms with E-state index in [0.29, 0.717) is 12.3 Å². The Morgan fingerprint density at radius 3 is 2.68 bits per heavy atom. The van der Waals surface area contributed by atoms with Crippen molar-refractivity contribution in [2.75, 3.05) is 26.2 Å². The number of carbonyl (C=O) groups is 2. The van der Waals surface area contributed by atoms with E-state index in [9.17, 15) is 22.8 Å². The lowest BCUT2D eigenvalue weighted by atomic mass is 10.0. The van der Waals surface area contributed by atoms with Crippen molar-refractivity contribution in [2.24, 2.45) is 5.92 Å². The monoisotopic (exact) mass is 343 g/mol. The third-order valence-electron chi connectivity index (χ3n) is 3.94. The molecular weight excluding hydrogens is 323 g/mol. The van der Waals surface area contributed by atoms with Gasteiger partial charge in [-0.15, -0.1) is 12.4 Å². The molecule has 0 spiro atoms. The van der Waals surface area contributed by atoms with E-state index in [1.807, 2.05) is 0 Å². The van der Waals surface area contributed by atoms with Crippen molar-refractivity contribution >= 4 is 24.2 Å². The number of hydrogen-bond donors (Lipinski definition) is 2. The molecule has 9 heteroatoms. The standard InChI is InChI=1S/C13H20F3N3O2.ClH/c14-13(15,16)8-19-6-4-10(12(19)21)18-11(20)2-1-9-3-5-17-7-9;/h9-10,17H,1-8H2,(H,18,20);1H. The van der Waals surface area contributed by atoms with Crippen molar-refractivity contribution in [1.29, 1.82) is 0 Å². The highest BCUT2D eigenvalue weighted by atomic mass is 35.5. The van der Waals surface area contributed by atoms with Crippen molar-refractivity contribution in [3.8, 4) is 0 Å². The molecule has 0 radical (unpaired) electrons. The van der Waals surface area contributed by atoms with Crippen LogP contribution in [0.2, 0.25) is 0 Å². The van der Waals surface area contributed by atoms with E-state index in [2.05, 4.69) is 10.6 Å². The van der Waals surface area contributed by atoms with Gasteiger partial charge in [0.15, 0.2) is 0 Å². The second-order valence-corrected chi connectivity index (χ2v) is 5.68. The largest absolute Gasteiger partial charge is 0.406 e. The van der Waals surface area contributed by atoms with Crippen LogP contribution in [-0.2, 0) is 9.59 Å². The molecule has 2 rings (SSSR count). The van der Waals surface area contributed by atoms with Crippen LogP contribution in [0.1, 0.15) is 25.7 Å². The van der Waals surface area contributed by atoms with Crippen molar-refractivity contribution in [1.82, 2.24) is 15.5 Å². The Morgan fingerprint density at radius 1 is 1.36 bits per heavy atom. The summed E-state index contributed by atoms with van der Waals surface area (Å²) < 4.78 is 36.8. The molecule has 0 aromatic heterocycles. The van der Waals surface area contributed by atoms with Gasteiger partial charge in [-0.3, -0.25) is 9.59 Å². The zero-order valence-electron chi connectivity index (χ0n) is 12.1. The molecule has 2 aliphatic heterocycles. The summed E-state index contributed by atoms with van der Waals surface area (Å²) in [4.78, 5) is 24.3. The van der Waals surface area contributed by atoms with E-state index in [4.69, 9.17) is 0 Å². The topological polar surface area (TPSA) is 61.4 Å². The van der Waals surface area contributed by atoms with Crippen LogP contribution in [0.3, 0.4) is 0 Å². The molecule has 0 aromatic carbocycles. The van der Waals surface area contributed by atoms with E-state index in [1.165, 1.54) is 0 Å². The van der Waals surface area contributed by atoms with Crippen LogP contribution in [0.25, 0.3) is 0 Å². The van der Waals surface area contributed by atoms with Gasteiger partial charge in [-0.25, -0.2) is 0 Å². The van der Waals surface area contributed by atoms with Crippen LogP contribution >= 0.6 is 12.4 Å². The molecule has 22 heavy (non-hydrogen) atoms. The highest BCUT2D eigenvalue weighted by Gasteiger charge is 2.39. The van der Waals surface area contributed by atoms with E-state index in [1.54, 1.807) is 0 Å². The van der Waals surface area contributed by atoms with Gasteiger partial charge in [-0.1, -0.05) is 0 Å². The van der Waals surface area contributed by atoms with Gasteiger partial charge in [-0.2, -0.15) is 13.2 Å². The van der Waals surface area contributed by atoms with Crippen molar-refractivity contribution in [2.45, 2.75) is 37.9 Å². The molecule has 0 aliphatic carbocycles. The molecule has 2 N–H and O–H groups in total. The summed E-state index contributed by atoms with van der Waals surface area (Å²) in [6.07, 6.45) is -2.06. The molecule has 2 atom stereocenters. The third-order valence-corrected chi connectivity index (χ3v) is 3.94. The summed E-state index contributed by atoms with van der Waals surface area (Å²) in [6.45, 7) is 0.649. The Kier molecular flexibility index (Phi) is 6.93. The predicted octanol–water partition coefficient (Wildman–Crippen LogP) is 1.08. The van der Waals surface area contributed by atoms with Gasteiger partial charge in [0.25, 0.3) is 0 Å². The lowest BCUT2D eigenvalue weighted by Gasteiger charge is -2.18. The van der Waals surface area contributed by atoms with Crippen LogP contribution in [-0.4, -0.2) is 55.1 Å². The Labute approximate surface area is 133 Å². The highest BCUT2D eigenvalue weighted by molar-refractivity contribution is 5.89. The maximum Gasteiger partial charge on any atom is 0.406 e. The first kappa shape index (κ1) is 19.0. The summed E-state index contributed by atoms with van der Waals surface area (Å²) >= 11 is 0. The van der Waals surface area contributed by atoms with Crippen molar-refractivity contribution < 1.29 is 22.8 Å². The fourth-order valence-corrected chi connectivity index (χ4v) is 2.81. The molecule has 2 amide bonds. The second-order valence-electron chi connectivity index (χ2n) is 5.68. The summed E-state index contributed by atoms with van der Waals surface area (Å²) in [5, 5.41) is 5.76. The predicted molar refractivity (Wildman–Crippen MR) is 76.6 cm³/mol. The maximum absolute atomic E-state index is 12.3. The normalized spacial score (nSPS) is 25.2. The zero-order valence-corrected chi connectivity index (χ0v) is 12.9. The van der Waals surface area contributed by atoms with Gasteiger partial charge in [0.1, 0.15) is 12.6 Å².